The summed E-state index contributed by atoms with van der Waals surface area (Å²) in [5.41, 5.74) is 10.8. The van der Waals surface area contributed by atoms with E-state index in [9.17, 15) is 0 Å². The normalized spacial score (nSPS) is 10.7. The Kier molecular flexibility index (Phi) is 4.71. The second kappa shape index (κ2) is 5.84. The van der Waals surface area contributed by atoms with Crippen molar-refractivity contribution < 1.29 is 4.74 Å². The van der Waals surface area contributed by atoms with Crippen molar-refractivity contribution in [1.29, 1.82) is 0 Å². The maximum absolute atomic E-state index is 5.52. The number of thioether (sulfide) groups is 1. The van der Waals surface area contributed by atoms with Crippen LogP contribution in [-0.4, -0.2) is 40.3 Å². The van der Waals surface area contributed by atoms with Gasteiger partial charge in [-0.1, -0.05) is 11.8 Å². The van der Waals surface area contributed by atoms with Crippen LogP contribution >= 0.6 is 11.8 Å². The van der Waals surface area contributed by atoms with E-state index in [4.69, 9.17) is 16.2 Å². The van der Waals surface area contributed by atoms with E-state index < -0.39 is 0 Å². The molecule has 0 saturated heterocycles. The minimum absolute atomic E-state index is 0.426. The van der Waals surface area contributed by atoms with Crippen LogP contribution in [-0.2, 0) is 11.8 Å². The van der Waals surface area contributed by atoms with Crippen LogP contribution in [0.1, 0.15) is 0 Å². The van der Waals surface area contributed by atoms with Gasteiger partial charge in [-0.25, -0.2) is 0 Å². The zero-order valence-corrected chi connectivity index (χ0v) is 8.96. The molecule has 0 amide bonds. The Bertz CT molecular complexity index is 277. The number of nitrogen functional groups attached to an aromatic ring is 1. The van der Waals surface area contributed by atoms with Gasteiger partial charge in [0.25, 0.3) is 0 Å². The highest BCUT2D eigenvalue weighted by Crippen LogP contribution is 2.15. The fourth-order valence-corrected chi connectivity index (χ4v) is 1.60. The highest BCUT2D eigenvalue weighted by atomic mass is 32.2. The van der Waals surface area contributed by atoms with Crippen LogP contribution in [0, 0.1) is 0 Å². The van der Waals surface area contributed by atoms with Crippen molar-refractivity contribution in [3.63, 3.8) is 0 Å². The predicted octanol–water partition coefficient (Wildman–Crippen LogP) is -0.535. The summed E-state index contributed by atoms with van der Waals surface area (Å²) in [4.78, 5) is 0. The Labute approximate surface area is 87.0 Å². The lowest BCUT2D eigenvalue weighted by Crippen LogP contribution is -2.10. The molecule has 1 aromatic rings. The SMILES string of the molecule is Cn1c(N)nnc1SCCOCCN. The molecule has 0 aromatic carbocycles. The number of hydrogen-bond acceptors (Lipinski definition) is 6. The molecule has 6 nitrogen and oxygen atoms in total. The quantitative estimate of drug-likeness (QED) is 0.491. The molecule has 0 bridgehead atoms. The number of ether oxygens (including phenoxy) is 1. The van der Waals surface area contributed by atoms with Gasteiger partial charge in [0.1, 0.15) is 0 Å². The van der Waals surface area contributed by atoms with Crippen molar-refractivity contribution in [2.24, 2.45) is 12.8 Å². The molecule has 14 heavy (non-hydrogen) atoms. The van der Waals surface area contributed by atoms with Crippen LogP contribution in [0.25, 0.3) is 0 Å². The molecule has 0 saturated carbocycles. The fraction of sp³-hybridized carbons (Fsp3) is 0.714. The van der Waals surface area contributed by atoms with Crippen LogP contribution in [0.15, 0.2) is 5.16 Å². The molecule has 0 aliphatic carbocycles. The summed E-state index contributed by atoms with van der Waals surface area (Å²) in [5, 5.41) is 8.45. The average molecular weight is 217 g/mol. The number of nitrogens with two attached hydrogens (primary N) is 2. The van der Waals surface area contributed by atoms with Gasteiger partial charge in [0.2, 0.25) is 5.95 Å². The number of nitrogens with zero attached hydrogens (tertiary/aromatic N) is 3. The molecule has 80 valence electrons. The van der Waals surface area contributed by atoms with E-state index in [-0.39, 0.29) is 0 Å². The molecule has 1 heterocycles. The van der Waals surface area contributed by atoms with E-state index in [0.29, 0.717) is 25.7 Å². The third-order valence-electron chi connectivity index (χ3n) is 1.59. The van der Waals surface area contributed by atoms with Crippen molar-refractivity contribution in [2.45, 2.75) is 5.16 Å². The van der Waals surface area contributed by atoms with Gasteiger partial charge >= 0.3 is 0 Å². The molecular formula is C7H15N5OS. The Morgan fingerprint density at radius 1 is 1.43 bits per heavy atom. The summed E-state index contributed by atoms with van der Waals surface area (Å²) in [6, 6.07) is 0. The molecule has 0 unspecified atom stereocenters. The van der Waals surface area contributed by atoms with Gasteiger partial charge in [-0.3, -0.25) is 4.57 Å². The summed E-state index contributed by atoms with van der Waals surface area (Å²) in [7, 11) is 1.83. The molecule has 0 fully saturated rings. The Hall–Kier alpha value is -0.790. The lowest BCUT2D eigenvalue weighted by molar-refractivity contribution is 0.158. The summed E-state index contributed by atoms with van der Waals surface area (Å²) in [6.45, 7) is 1.82. The maximum Gasteiger partial charge on any atom is 0.222 e. The van der Waals surface area contributed by atoms with E-state index in [1.807, 2.05) is 7.05 Å². The molecule has 0 aliphatic rings. The first-order chi connectivity index (χ1) is 6.75. The predicted molar refractivity (Wildman–Crippen MR) is 56.0 cm³/mol. The van der Waals surface area contributed by atoms with Crippen LogP contribution in [0.3, 0.4) is 0 Å². The van der Waals surface area contributed by atoms with Crippen molar-refractivity contribution in [1.82, 2.24) is 14.8 Å². The first-order valence-electron chi connectivity index (χ1n) is 4.31. The fourth-order valence-electron chi connectivity index (χ4n) is 0.829. The van der Waals surface area contributed by atoms with E-state index in [1.165, 1.54) is 0 Å². The highest BCUT2D eigenvalue weighted by molar-refractivity contribution is 7.99. The van der Waals surface area contributed by atoms with E-state index in [2.05, 4.69) is 10.2 Å². The van der Waals surface area contributed by atoms with Crippen molar-refractivity contribution in [3.8, 4) is 0 Å². The number of rotatable bonds is 6. The van der Waals surface area contributed by atoms with Crippen LogP contribution in [0.5, 0.6) is 0 Å². The third kappa shape index (κ3) is 3.17. The Balaban J connectivity index is 2.21. The van der Waals surface area contributed by atoms with E-state index in [1.54, 1.807) is 16.3 Å². The molecular weight excluding hydrogens is 202 g/mol. The van der Waals surface area contributed by atoms with Gasteiger partial charge in [-0.2, -0.15) is 0 Å². The topological polar surface area (TPSA) is 92.0 Å². The Morgan fingerprint density at radius 2 is 2.21 bits per heavy atom. The summed E-state index contributed by atoms with van der Waals surface area (Å²) >= 11 is 1.56. The summed E-state index contributed by atoms with van der Waals surface area (Å²) in [5.74, 6) is 1.25. The zero-order valence-electron chi connectivity index (χ0n) is 8.14. The lowest BCUT2D eigenvalue weighted by atomic mass is 10.7. The standard InChI is InChI=1S/C7H15N5OS/c1-12-6(9)10-11-7(12)14-5-4-13-3-2-8/h2-5,8H2,1H3,(H2,9,10). The van der Waals surface area contributed by atoms with Gasteiger partial charge in [0.05, 0.1) is 13.2 Å². The van der Waals surface area contributed by atoms with Crippen molar-refractivity contribution in [3.05, 3.63) is 0 Å². The molecule has 0 atom stereocenters. The average Bonchev–Trinajstić information content (AvgIpc) is 2.49. The monoisotopic (exact) mass is 217 g/mol. The van der Waals surface area contributed by atoms with Crippen LogP contribution < -0.4 is 11.5 Å². The zero-order chi connectivity index (χ0) is 10.4. The summed E-state index contributed by atoms with van der Waals surface area (Å²) < 4.78 is 6.96. The second-order valence-corrected chi connectivity index (χ2v) is 3.71. The first kappa shape index (κ1) is 11.3. The molecule has 7 heteroatoms. The van der Waals surface area contributed by atoms with Gasteiger partial charge in [-0.05, 0) is 0 Å². The third-order valence-corrected chi connectivity index (χ3v) is 2.57. The molecule has 1 rings (SSSR count). The smallest absolute Gasteiger partial charge is 0.222 e. The van der Waals surface area contributed by atoms with Gasteiger partial charge in [-0.15, -0.1) is 10.2 Å². The molecule has 0 aliphatic heterocycles. The number of hydrogen-bond donors (Lipinski definition) is 2. The molecule has 1 aromatic heterocycles. The van der Waals surface area contributed by atoms with Gasteiger partial charge < -0.3 is 16.2 Å². The highest BCUT2D eigenvalue weighted by Gasteiger charge is 2.04. The second-order valence-electron chi connectivity index (χ2n) is 2.65. The largest absolute Gasteiger partial charge is 0.379 e. The molecule has 0 spiro atoms. The number of aromatic nitrogens is 3. The summed E-state index contributed by atoms with van der Waals surface area (Å²) in [6.07, 6.45) is 0. The van der Waals surface area contributed by atoms with E-state index in [0.717, 1.165) is 10.9 Å². The molecule has 0 radical (unpaired) electrons. The van der Waals surface area contributed by atoms with Crippen LogP contribution in [0.2, 0.25) is 0 Å². The minimum atomic E-state index is 0.426. The first-order valence-corrected chi connectivity index (χ1v) is 5.29. The Morgan fingerprint density at radius 3 is 2.79 bits per heavy atom. The van der Waals surface area contributed by atoms with E-state index >= 15 is 0 Å². The number of anilines is 1. The van der Waals surface area contributed by atoms with Gasteiger partial charge in [0.15, 0.2) is 5.16 Å². The maximum atomic E-state index is 5.52. The minimum Gasteiger partial charge on any atom is -0.379 e. The molecule has 4 N–H and O–H groups in total. The van der Waals surface area contributed by atoms with Crippen LogP contribution in [0.4, 0.5) is 5.95 Å². The van der Waals surface area contributed by atoms with Crippen molar-refractivity contribution in [2.75, 3.05) is 31.2 Å². The van der Waals surface area contributed by atoms with Gasteiger partial charge in [0, 0.05) is 19.3 Å². The lowest BCUT2D eigenvalue weighted by Gasteiger charge is -2.02. The van der Waals surface area contributed by atoms with Crippen molar-refractivity contribution >= 4 is 17.7 Å².